The summed E-state index contributed by atoms with van der Waals surface area (Å²) in [5.41, 5.74) is 1.75. The minimum atomic E-state index is -4.76. The molecule has 0 radical (unpaired) electrons. The van der Waals surface area contributed by atoms with Gasteiger partial charge in [0.05, 0.1) is 6.54 Å². The third kappa shape index (κ3) is 3.70. The molecule has 10 heteroatoms. The van der Waals surface area contributed by atoms with Crippen molar-refractivity contribution >= 4 is 11.2 Å². The summed E-state index contributed by atoms with van der Waals surface area (Å²) in [6, 6.07) is 8.65. The van der Waals surface area contributed by atoms with Crippen molar-refractivity contribution in [3.8, 4) is 16.9 Å². The Morgan fingerprint density at radius 2 is 1.75 bits per heavy atom. The SMILES string of the molecule is O=c1oc2ncc(-c3ccc(OC(F)(F)F)cc3)cc2n1Cc1ncccn1. The van der Waals surface area contributed by atoms with Crippen molar-refractivity contribution < 1.29 is 22.3 Å². The summed E-state index contributed by atoms with van der Waals surface area (Å²) in [5, 5.41) is 0. The molecule has 0 unspecified atom stereocenters. The number of rotatable bonds is 4. The number of hydrogen-bond acceptors (Lipinski definition) is 6. The zero-order valence-electron chi connectivity index (χ0n) is 14.1. The van der Waals surface area contributed by atoms with Crippen LogP contribution in [0.3, 0.4) is 0 Å². The number of alkyl halides is 3. The van der Waals surface area contributed by atoms with Crippen molar-refractivity contribution in [3.63, 3.8) is 0 Å². The van der Waals surface area contributed by atoms with Crippen LogP contribution in [0.4, 0.5) is 13.2 Å². The van der Waals surface area contributed by atoms with Gasteiger partial charge in [-0.25, -0.2) is 19.7 Å². The molecule has 0 aliphatic heterocycles. The molecule has 3 heterocycles. The summed E-state index contributed by atoms with van der Waals surface area (Å²) < 4.78 is 47.2. The average molecular weight is 388 g/mol. The van der Waals surface area contributed by atoms with Crippen LogP contribution in [0.2, 0.25) is 0 Å². The van der Waals surface area contributed by atoms with E-state index in [2.05, 4.69) is 19.7 Å². The lowest BCUT2D eigenvalue weighted by atomic mass is 10.1. The fourth-order valence-corrected chi connectivity index (χ4v) is 2.66. The molecule has 7 nitrogen and oxygen atoms in total. The van der Waals surface area contributed by atoms with Gasteiger partial charge in [-0.05, 0) is 29.8 Å². The van der Waals surface area contributed by atoms with Gasteiger partial charge in [-0.2, -0.15) is 0 Å². The number of hydrogen-bond donors (Lipinski definition) is 0. The monoisotopic (exact) mass is 388 g/mol. The lowest BCUT2D eigenvalue weighted by Crippen LogP contribution is -2.16. The summed E-state index contributed by atoms with van der Waals surface area (Å²) >= 11 is 0. The summed E-state index contributed by atoms with van der Waals surface area (Å²) in [5.74, 6) is -0.515. The maximum atomic E-state index is 12.3. The molecule has 0 saturated heterocycles. The molecule has 0 aliphatic rings. The van der Waals surface area contributed by atoms with E-state index in [-0.39, 0.29) is 18.0 Å². The fraction of sp³-hybridized carbons (Fsp3) is 0.111. The van der Waals surface area contributed by atoms with Gasteiger partial charge in [-0.3, -0.25) is 4.57 Å². The molecular weight excluding hydrogens is 377 g/mol. The van der Waals surface area contributed by atoms with Gasteiger partial charge in [0.1, 0.15) is 17.1 Å². The van der Waals surface area contributed by atoms with Crippen LogP contribution in [0.1, 0.15) is 5.82 Å². The number of benzene rings is 1. The number of nitrogens with zero attached hydrogens (tertiary/aromatic N) is 4. The highest BCUT2D eigenvalue weighted by Gasteiger charge is 2.31. The van der Waals surface area contributed by atoms with E-state index in [1.165, 1.54) is 35.0 Å². The maximum Gasteiger partial charge on any atom is 0.573 e. The van der Waals surface area contributed by atoms with E-state index in [0.717, 1.165) is 0 Å². The largest absolute Gasteiger partial charge is 0.573 e. The molecule has 142 valence electrons. The number of pyridine rings is 1. The third-order valence-corrected chi connectivity index (χ3v) is 3.87. The Kier molecular flexibility index (Phi) is 4.30. The first-order chi connectivity index (χ1) is 13.4. The number of halogens is 3. The Morgan fingerprint density at radius 1 is 1.04 bits per heavy atom. The summed E-state index contributed by atoms with van der Waals surface area (Å²) in [7, 11) is 0. The van der Waals surface area contributed by atoms with Crippen LogP contribution in [0.25, 0.3) is 22.4 Å². The Labute approximate surface area is 155 Å². The number of fused-ring (bicyclic) bond motifs is 1. The van der Waals surface area contributed by atoms with Crippen LogP contribution in [0.15, 0.2) is 64.2 Å². The van der Waals surface area contributed by atoms with Gasteiger partial charge < -0.3 is 9.15 Å². The van der Waals surface area contributed by atoms with Gasteiger partial charge >= 0.3 is 12.1 Å². The maximum absolute atomic E-state index is 12.3. The minimum Gasteiger partial charge on any atom is -0.406 e. The van der Waals surface area contributed by atoms with Crippen molar-refractivity contribution in [1.82, 2.24) is 19.5 Å². The van der Waals surface area contributed by atoms with Crippen molar-refractivity contribution in [2.75, 3.05) is 0 Å². The highest BCUT2D eigenvalue weighted by Crippen LogP contribution is 2.27. The Hall–Kier alpha value is -3.69. The zero-order chi connectivity index (χ0) is 19.7. The molecule has 0 N–H and O–H groups in total. The third-order valence-electron chi connectivity index (χ3n) is 3.87. The molecule has 0 aliphatic carbocycles. The molecule has 4 rings (SSSR count). The fourth-order valence-electron chi connectivity index (χ4n) is 2.66. The highest BCUT2D eigenvalue weighted by atomic mass is 19.4. The van der Waals surface area contributed by atoms with E-state index in [4.69, 9.17) is 4.42 Å². The predicted octanol–water partition coefficient (Wildman–Crippen LogP) is 3.39. The molecule has 4 aromatic rings. The van der Waals surface area contributed by atoms with Gasteiger partial charge in [-0.15, -0.1) is 13.2 Å². The topological polar surface area (TPSA) is 83.0 Å². The molecule has 0 spiro atoms. The molecule has 0 bridgehead atoms. The molecule has 3 aromatic heterocycles. The van der Waals surface area contributed by atoms with Crippen molar-refractivity contribution in [2.45, 2.75) is 12.9 Å². The first-order valence-electron chi connectivity index (χ1n) is 8.00. The van der Waals surface area contributed by atoms with Crippen LogP contribution >= 0.6 is 0 Å². The number of ether oxygens (including phenoxy) is 1. The second kappa shape index (κ2) is 6.80. The Balaban J connectivity index is 1.69. The smallest absolute Gasteiger partial charge is 0.406 e. The standard InChI is InChI=1S/C18H11F3N4O3/c19-18(20,21)28-13-4-2-11(3-5-13)12-8-14-16(24-9-12)27-17(26)25(14)10-15-22-6-1-7-23-15/h1-9H,10H2. The molecular formula is C18H11F3N4O3. The van der Waals surface area contributed by atoms with E-state index in [0.29, 0.717) is 22.5 Å². The van der Waals surface area contributed by atoms with Gasteiger partial charge in [-0.1, -0.05) is 12.1 Å². The quantitative estimate of drug-likeness (QED) is 0.533. The molecule has 0 fully saturated rings. The van der Waals surface area contributed by atoms with Gasteiger partial charge in [0.15, 0.2) is 0 Å². The lowest BCUT2D eigenvalue weighted by molar-refractivity contribution is -0.274. The summed E-state index contributed by atoms with van der Waals surface area (Å²) in [6.07, 6.45) is -0.170. The normalized spacial score (nSPS) is 11.7. The lowest BCUT2D eigenvalue weighted by Gasteiger charge is -2.09. The average Bonchev–Trinajstić information content (AvgIpc) is 2.97. The van der Waals surface area contributed by atoms with E-state index < -0.39 is 12.1 Å². The van der Waals surface area contributed by atoms with Crippen molar-refractivity contribution in [1.29, 1.82) is 0 Å². The van der Waals surface area contributed by atoms with E-state index >= 15 is 0 Å². The van der Waals surface area contributed by atoms with Crippen LogP contribution in [-0.2, 0) is 6.54 Å². The van der Waals surface area contributed by atoms with Crippen LogP contribution < -0.4 is 10.5 Å². The van der Waals surface area contributed by atoms with Crippen LogP contribution in [0.5, 0.6) is 5.75 Å². The molecule has 0 amide bonds. The summed E-state index contributed by atoms with van der Waals surface area (Å²) in [4.78, 5) is 24.4. The van der Waals surface area contributed by atoms with E-state index in [1.807, 2.05) is 0 Å². The first-order valence-corrected chi connectivity index (χ1v) is 8.00. The molecule has 1 aromatic carbocycles. The molecule has 0 atom stereocenters. The van der Waals surface area contributed by atoms with E-state index in [1.54, 1.807) is 24.5 Å². The number of oxazole rings is 1. The van der Waals surface area contributed by atoms with Crippen molar-refractivity contribution in [2.24, 2.45) is 0 Å². The Bertz CT molecular complexity index is 1170. The predicted molar refractivity (Wildman–Crippen MR) is 91.5 cm³/mol. The van der Waals surface area contributed by atoms with Crippen LogP contribution in [-0.4, -0.2) is 25.9 Å². The zero-order valence-corrected chi connectivity index (χ0v) is 14.1. The van der Waals surface area contributed by atoms with Crippen LogP contribution in [0, 0.1) is 0 Å². The second-order valence-corrected chi connectivity index (χ2v) is 5.74. The molecule has 28 heavy (non-hydrogen) atoms. The second-order valence-electron chi connectivity index (χ2n) is 5.74. The van der Waals surface area contributed by atoms with Gasteiger partial charge in [0, 0.05) is 24.2 Å². The Morgan fingerprint density at radius 3 is 2.43 bits per heavy atom. The minimum absolute atomic E-state index is 0.0934. The highest BCUT2D eigenvalue weighted by molar-refractivity contribution is 5.77. The number of aromatic nitrogens is 4. The summed E-state index contributed by atoms with van der Waals surface area (Å²) in [6.45, 7) is 0.0934. The van der Waals surface area contributed by atoms with Crippen molar-refractivity contribution in [3.05, 3.63) is 71.4 Å². The molecule has 0 saturated carbocycles. The first kappa shape index (κ1) is 17.7. The van der Waals surface area contributed by atoms with Gasteiger partial charge in [0.2, 0.25) is 5.71 Å². The van der Waals surface area contributed by atoms with E-state index in [9.17, 15) is 18.0 Å². The van der Waals surface area contributed by atoms with Gasteiger partial charge in [0.25, 0.3) is 0 Å².